The van der Waals surface area contributed by atoms with Gasteiger partial charge in [-0.15, -0.1) is 0 Å². The highest BCUT2D eigenvalue weighted by molar-refractivity contribution is 5.97. The number of ether oxygens (including phenoxy) is 1. The quantitative estimate of drug-likeness (QED) is 0.353. The minimum absolute atomic E-state index is 0.0589. The highest BCUT2D eigenvalue weighted by Crippen LogP contribution is 2.16. The van der Waals surface area contributed by atoms with Gasteiger partial charge in [-0.25, -0.2) is 14.2 Å². The zero-order valence-electron chi connectivity index (χ0n) is 18.3. The van der Waals surface area contributed by atoms with Crippen LogP contribution in [-0.2, 0) is 4.74 Å². The minimum atomic E-state index is -0.870. The second-order valence-electron chi connectivity index (χ2n) is 7.55. The Morgan fingerprint density at radius 2 is 1.85 bits per heavy atom. The van der Waals surface area contributed by atoms with Crippen LogP contribution in [0.4, 0.5) is 4.39 Å². The summed E-state index contributed by atoms with van der Waals surface area (Å²) in [5, 5.41) is 0.160. The Bertz CT molecular complexity index is 1540. The van der Waals surface area contributed by atoms with E-state index >= 15 is 0 Å². The van der Waals surface area contributed by atoms with E-state index in [1.165, 1.54) is 33.2 Å². The summed E-state index contributed by atoms with van der Waals surface area (Å²) in [6.07, 6.45) is 1.58. The van der Waals surface area contributed by atoms with Crippen molar-refractivity contribution in [3.63, 3.8) is 0 Å². The third-order valence-electron chi connectivity index (χ3n) is 5.06. The fourth-order valence-electron chi connectivity index (χ4n) is 3.59. The molecule has 4 rings (SSSR count). The number of benzene rings is 1. The number of hydrogen-bond donors (Lipinski definition) is 0. The van der Waals surface area contributed by atoms with Crippen LogP contribution < -0.4 is 11.0 Å². The predicted octanol–water partition coefficient (Wildman–Crippen LogP) is 3.29. The van der Waals surface area contributed by atoms with Crippen LogP contribution in [0.1, 0.15) is 47.5 Å². The number of carbonyl (C=O) groups excluding carboxylic acids is 2. The number of esters is 1. The van der Waals surface area contributed by atoms with E-state index in [9.17, 15) is 18.8 Å². The molecule has 0 bridgehead atoms. The van der Waals surface area contributed by atoms with Crippen LogP contribution >= 0.6 is 0 Å². The van der Waals surface area contributed by atoms with Gasteiger partial charge in [0.1, 0.15) is 22.7 Å². The Labute approximate surface area is 187 Å². The first-order chi connectivity index (χ1) is 15.8. The molecule has 0 spiro atoms. The average Bonchev–Trinajstić information content (AvgIpc) is 2.79. The molecule has 4 aromatic rings. The number of amides is 1. The summed E-state index contributed by atoms with van der Waals surface area (Å²) in [5.41, 5.74) is -0.139. The van der Waals surface area contributed by atoms with Crippen LogP contribution in [-0.4, -0.2) is 32.4 Å². The van der Waals surface area contributed by atoms with E-state index in [-0.39, 0.29) is 45.9 Å². The maximum Gasteiger partial charge on any atom is 0.341 e. The van der Waals surface area contributed by atoms with Gasteiger partial charge in [0.25, 0.3) is 11.5 Å². The van der Waals surface area contributed by atoms with E-state index < -0.39 is 17.7 Å². The molecule has 0 aliphatic rings. The molecule has 9 heteroatoms. The van der Waals surface area contributed by atoms with Crippen molar-refractivity contribution in [2.24, 2.45) is 4.99 Å². The topological polar surface area (TPSA) is 95.0 Å². The second kappa shape index (κ2) is 8.78. The van der Waals surface area contributed by atoms with Crippen LogP contribution in [0.25, 0.3) is 16.7 Å². The van der Waals surface area contributed by atoms with E-state index in [1.807, 2.05) is 0 Å². The fourth-order valence-corrected chi connectivity index (χ4v) is 3.59. The van der Waals surface area contributed by atoms with Gasteiger partial charge in [-0.1, -0.05) is 18.2 Å². The lowest BCUT2D eigenvalue weighted by Crippen LogP contribution is -2.33. The van der Waals surface area contributed by atoms with Crippen LogP contribution in [0.3, 0.4) is 0 Å². The van der Waals surface area contributed by atoms with Gasteiger partial charge in [0.2, 0.25) is 0 Å². The minimum Gasteiger partial charge on any atom is -0.462 e. The zero-order chi connectivity index (χ0) is 23.7. The summed E-state index contributed by atoms with van der Waals surface area (Å²) in [6, 6.07) is 11.5. The van der Waals surface area contributed by atoms with Crippen molar-refractivity contribution in [1.82, 2.24) is 14.0 Å². The van der Waals surface area contributed by atoms with Gasteiger partial charge >= 0.3 is 5.97 Å². The van der Waals surface area contributed by atoms with E-state index in [0.717, 1.165) is 6.07 Å². The van der Waals surface area contributed by atoms with Gasteiger partial charge in [0, 0.05) is 12.2 Å². The number of nitrogens with zero attached hydrogens (tertiary/aromatic N) is 4. The molecule has 0 fully saturated rings. The van der Waals surface area contributed by atoms with Gasteiger partial charge in [-0.05, 0) is 51.1 Å². The Kier molecular flexibility index (Phi) is 5.87. The summed E-state index contributed by atoms with van der Waals surface area (Å²) in [4.78, 5) is 47.6. The van der Waals surface area contributed by atoms with E-state index in [1.54, 1.807) is 45.2 Å². The Balaban J connectivity index is 2.16. The average molecular weight is 448 g/mol. The maximum absolute atomic E-state index is 14.2. The van der Waals surface area contributed by atoms with Gasteiger partial charge < -0.3 is 9.30 Å². The third-order valence-corrected chi connectivity index (χ3v) is 5.06. The normalized spacial score (nSPS) is 12.0. The van der Waals surface area contributed by atoms with Crippen molar-refractivity contribution in [2.75, 3.05) is 6.61 Å². The maximum atomic E-state index is 14.2. The van der Waals surface area contributed by atoms with Gasteiger partial charge in [0.05, 0.1) is 17.6 Å². The van der Waals surface area contributed by atoms with E-state index in [2.05, 4.69) is 9.98 Å². The molecule has 3 aromatic heterocycles. The first-order valence-electron chi connectivity index (χ1n) is 10.4. The first kappa shape index (κ1) is 22.1. The Hall–Kier alpha value is -4.14. The van der Waals surface area contributed by atoms with Crippen LogP contribution in [0.2, 0.25) is 0 Å². The van der Waals surface area contributed by atoms with Gasteiger partial charge in [0.15, 0.2) is 5.49 Å². The van der Waals surface area contributed by atoms with Crippen molar-refractivity contribution in [3.05, 3.63) is 87.5 Å². The highest BCUT2D eigenvalue weighted by atomic mass is 19.1. The number of rotatable bonds is 4. The molecule has 1 aromatic carbocycles. The van der Waals surface area contributed by atoms with Crippen LogP contribution in [0.15, 0.2) is 64.5 Å². The molecule has 0 aliphatic carbocycles. The monoisotopic (exact) mass is 448 g/mol. The first-order valence-corrected chi connectivity index (χ1v) is 10.4. The molecule has 0 saturated heterocycles. The summed E-state index contributed by atoms with van der Waals surface area (Å²) in [6.45, 7) is 5.32. The SMILES string of the molecule is CCOC(=O)c1cc2c(=O)n3ccccc3nc2n(C(C)C)c1=NC(=O)c1ccccc1F. The molecule has 3 heterocycles. The summed E-state index contributed by atoms with van der Waals surface area (Å²) >= 11 is 0. The van der Waals surface area contributed by atoms with Crippen molar-refractivity contribution >= 4 is 28.6 Å². The smallest absolute Gasteiger partial charge is 0.341 e. The molecular formula is C24H21FN4O4. The Morgan fingerprint density at radius 3 is 2.55 bits per heavy atom. The number of hydrogen-bond acceptors (Lipinski definition) is 5. The number of fused-ring (bicyclic) bond motifs is 2. The van der Waals surface area contributed by atoms with Gasteiger partial charge in [-0.2, -0.15) is 4.99 Å². The molecule has 33 heavy (non-hydrogen) atoms. The molecule has 0 radical (unpaired) electrons. The van der Waals surface area contributed by atoms with Crippen LogP contribution in [0, 0.1) is 5.82 Å². The lowest BCUT2D eigenvalue weighted by Gasteiger charge is -2.17. The second-order valence-corrected chi connectivity index (χ2v) is 7.55. The van der Waals surface area contributed by atoms with Crippen molar-refractivity contribution in [1.29, 1.82) is 0 Å². The molecule has 0 atom stereocenters. The predicted molar refractivity (Wildman–Crippen MR) is 120 cm³/mol. The molecule has 0 aliphatic heterocycles. The van der Waals surface area contributed by atoms with Crippen molar-refractivity contribution in [2.45, 2.75) is 26.8 Å². The number of halogens is 1. The molecule has 1 amide bonds. The summed E-state index contributed by atoms with van der Waals surface area (Å²) in [5.74, 6) is -2.36. The molecule has 168 valence electrons. The number of carbonyl (C=O) groups is 2. The third kappa shape index (κ3) is 3.93. The number of pyridine rings is 2. The van der Waals surface area contributed by atoms with E-state index in [0.29, 0.717) is 5.65 Å². The summed E-state index contributed by atoms with van der Waals surface area (Å²) < 4.78 is 22.3. The molecule has 8 nitrogen and oxygen atoms in total. The molecule has 0 unspecified atom stereocenters. The standard InChI is InChI=1S/C24H21FN4O4/c1-4-33-24(32)17-13-16-20(26-19-11-7-8-12-28(19)23(16)31)29(14(2)3)21(17)27-22(30)15-9-5-6-10-18(15)25/h5-14H,4H2,1-3H3. The van der Waals surface area contributed by atoms with Crippen molar-refractivity contribution < 1.29 is 18.7 Å². The van der Waals surface area contributed by atoms with E-state index in [4.69, 9.17) is 4.74 Å². The van der Waals surface area contributed by atoms with Crippen molar-refractivity contribution in [3.8, 4) is 0 Å². The van der Waals surface area contributed by atoms with Crippen LogP contribution in [0.5, 0.6) is 0 Å². The molecule has 0 saturated carbocycles. The summed E-state index contributed by atoms with van der Waals surface area (Å²) in [7, 11) is 0. The number of aromatic nitrogens is 3. The lowest BCUT2D eigenvalue weighted by atomic mass is 10.1. The Morgan fingerprint density at radius 1 is 1.12 bits per heavy atom. The van der Waals surface area contributed by atoms with Gasteiger partial charge in [-0.3, -0.25) is 14.0 Å². The highest BCUT2D eigenvalue weighted by Gasteiger charge is 2.22. The fraction of sp³-hybridized carbons (Fsp3) is 0.208. The zero-order valence-corrected chi connectivity index (χ0v) is 18.3. The molecular weight excluding hydrogens is 427 g/mol. The largest absolute Gasteiger partial charge is 0.462 e. The molecule has 0 N–H and O–H groups in total. The lowest BCUT2D eigenvalue weighted by molar-refractivity contribution is 0.0523.